The van der Waals surface area contributed by atoms with Gasteiger partial charge in [-0.3, -0.25) is 9.89 Å². The Bertz CT molecular complexity index is 933. The molecule has 0 aliphatic heterocycles. The van der Waals surface area contributed by atoms with Crippen LogP contribution in [-0.4, -0.2) is 14.6 Å². The zero-order valence-corrected chi connectivity index (χ0v) is 13.7. The van der Waals surface area contributed by atoms with E-state index in [9.17, 15) is 4.79 Å². The molecule has 3 rings (SSSR count). The summed E-state index contributed by atoms with van der Waals surface area (Å²) in [6.07, 6.45) is 1.49. The Balaban J connectivity index is 1.87. The highest BCUT2D eigenvalue weighted by atomic mass is 16.1. The maximum atomic E-state index is 12.1. The second-order valence-corrected chi connectivity index (χ2v) is 6.06. The zero-order chi connectivity index (χ0) is 17.1. The van der Waals surface area contributed by atoms with Crippen molar-refractivity contribution in [2.24, 2.45) is 5.92 Å². The molecule has 0 amide bonds. The first-order chi connectivity index (χ1) is 11.6. The Morgan fingerprint density at radius 3 is 2.75 bits per heavy atom. The van der Waals surface area contributed by atoms with Gasteiger partial charge < -0.3 is 5.32 Å². The third-order valence-corrected chi connectivity index (χ3v) is 4.00. The maximum Gasteiger partial charge on any atom is 0.272 e. The molecule has 0 saturated carbocycles. The first-order valence-corrected chi connectivity index (χ1v) is 7.88. The monoisotopic (exact) mass is 321 g/mol. The number of rotatable bonds is 5. The largest absolute Gasteiger partial charge is 0.304 e. The van der Waals surface area contributed by atoms with Crippen LogP contribution in [0.4, 0.5) is 0 Å². The first kappa shape index (κ1) is 16.0. The van der Waals surface area contributed by atoms with Crippen molar-refractivity contribution in [3.63, 3.8) is 0 Å². The van der Waals surface area contributed by atoms with Crippen molar-refractivity contribution < 1.29 is 0 Å². The number of fused-ring (bicyclic) bond motifs is 1. The summed E-state index contributed by atoms with van der Waals surface area (Å²) in [5, 5.41) is 15.3. The summed E-state index contributed by atoms with van der Waals surface area (Å²) in [5.41, 5.74) is 2.32. The molecule has 3 aromatic rings. The lowest BCUT2D eigenvalue weighted by molar-refractivity contribution is 0.408. The van der Waals surface area contributed by atoms with Gasteiger partial charge in [-0.25, -0.2) is 9.50 Å². The van der Waals surface area contributed by atoms with E-state index in [2.05, 4.69) is 41.4 Å². The van der Waals surface area contributed by atoms with Gasteiger partial charge in [-0.15, -0.1) is 0 Å². The van der Waals surface area contributed by atoms with Crippen LogP contribution < -0.4 is 10.9 Å². The third-order valence-electron chi connectivity index (χ3n) is 4.00. The molecule has 0 radical (unpaired) electrons. The van der Waals surface area contributed by atoms with E-state index in [0.29, 0.717) is 29.4 Å². The molecule has 0 spiro atoms. The zero-order valence-electron chi connectivity index (χ0n) is 13.7. The van der Waals surface area contributed by atoms with E-state index >= 15 is 0 Å². The topological polar surface area (TPSA) is 86.0 Å². The van der Waals surface area contributed by atoms with Crippen molar-refractivity contribution >= 4 is 5.65 Å². The fraction of sp³-hybridized carbons (Fsp3) is 0.278. The van der Waals surface area contributed by atoms with Crippen LogP contribution in [0.3, 0.4) is 0 Å². The van der Waals surface area contributed by atoms with E-state index < -0.39 is 0 Å². The summed E-state index contributed by atoms with van der Waals surface area (Å²) in [6.45, 7) is 4.76. The molecule has 2 heterocycles. The minimum Gasteiger partial charge on any atom is -0.304 e. The number of hydrogen-bond acceptors (Lipinski definition) is 4. The summed E-state index contributed by atoms with van der Waals surface area (Å²) >= 11 is 0. The highest BCUT2D eigenvalue weighted by Crippen LogP contribution is 2.21. The van der Waals surface area contributed by atoms with Crippen LogP contribution in [-0.2, 0) is 6.54 Å². The summed E-state index contributed by atoms with van der Waals surface area (Å²) < 4.78 is 1.28. The number of nitrogens with one attached hydrogen (secondary N) is 2. The van der Waals surface area contributed by atoms with Crippen LogP contribution in [0, 0.1) is 17.2 Å². The highest BCUT2D eigenvalue weighted by Gasteiger charge is 2.16. The van der Waals surface area contributed by atoms with Gasteiger partial charge in [0.1, 0.15) is 11.6 Å². The molecule has 122 valence electrons. The van der Waals surface area contributed by atoms with Gasteiger partial charge in [0.15, 0.2) is 5.65 Å². The van der Waals surface area contributed by atoms with Gasteiger partial charge >= 0.3 is 0 Å². The molecule has 0 fully saturated rings. The Hall–Kier alpha value is -2.91. The van der Waals surface area contributed by atoms with Crippen molar-refractivity contribution in [1.29, 1.82) is 5.26 Å². The standard InChI is InChI=1S/C18H19N5O/c1-12(2)17(13-6-4-3-5-7-13)20-11-15-8-16(24)23-18(22-15)14(9-19)10-21-23/h3-8,10,12,17,20-21H,11H2,1-2H3. The molecule has 6 nitrogen and oxygen atoms in total. The molecule has 1 atom stereocenters. The lowest BCUT2D eigenvalue weighted by Gasteiger charge is -2.22. The smallest absolute Gasteiger partial charge is 0.272 e. The maximum absolute atomic E-state index is 12.1. The fourth-order valence-corrected chi connectivity index (χ4v) is 2.82. The number of hydrogen-bond donors (Lipinski definition) is 2. The predicted molar refractivity (Wildman–Crippen MR) is 91.4 cm³/mol. The van der Waals surface area contributed by atoms with Crippen molar-refractivity contribution in [3.8, 4) is 6.07 Å². The Morgan fingerprint density at radius 1 is 1.33 bits per heavy atom. The second kappa shape index (κ2) is 6.69. The van der Waals surface area contributed by atoms with E-state index in [0.717, 1.165) is 0 Å². The Morgan fingerprint density at radius 2 is 2.08 bits per heavy atom. The lowest BCUT2D eigenvalue weighted by Crippen LogP contribution is -2.27. The number of benzene rings is 1. The number of nitriles is 1. The fourth-order valence-electron chi connectivity index (χ4n) is 2.82. The van der Waals surface area contributed by atoms with Gasteiger partial charge in [0.25, 0.3) is 5.56 Å². The first-order valence-electron chi connectivity index (χ1n) is 7.88. The van der Waals surface area contributed by atoms with Gasteiger partial charge in [-0.1, -0.05) is 44.2 Å². The minimum absolute atomic E-state index is 0.160. The van der Waals surface area contributed by atoms with Crippen LogP contribution in [0.15, 0.2) is 47.4 Å². The van der Waals surface area contributed by atoms with Crippen LogP contribution in [0.25, 0.3) is 5.65 Å². The van der Waals surface area contributed by atoms with Crippen molar-refractivity contribution in [1.82, 2.24) is 19.9 Å². The molecule has 1 aromatic carbocycles. The van der Waals surface area contributed by atoms with E-state index in [1.807, 2.05) is 24.3 Å². The van der Waals surface area contributed by atoms with Crippen LogP contribution in [0.5, 0.6) is 0 Å². The average Bonchev–Trinajstić information content (AvgIpc) is 2.99. The molecule has 1 unspecified atom stereocenters. The van der Waals surface area contributed by atoms with Gasteiger partial charge in [0.05, 0.1) is 5.69 Å². The van der Waals surface area contributed by atoms with Crippen molar-refractivity contribution in [2.75, 3.05) is 0 Å². The quantitative estimate of drug-likeness (QED) is 0.755. The van der Waals surface area contributed by atoms with E-state index in [4.69, 9.17) is 5.26 Å². The predicted octanol–water partition coefficient (Wildman–Crippen LogP) is 2.38. The summed E-state index contributed by atoms with van der Waals surface area (Å²) in [7, 11) is 0. The molecule has 0 aliphatic rings. The number of H-pyrrole nitrogens is 1. The molecular formula is C18H19N5O. The van der Waals surface area contributed by atoms with Gasteiger partial charge in [0.2, 0.25) is 0 Å². The molecule has 0 bridgehead atoms. The Kier molecular flexibility index (Phi) is 4.45. The van der Waals surface area contributed by atoms with Crippen LogP contribution in [0.2, 0.25) is 0 Å². The van der Waals surface area contributed by atoms with Gasteiger partial charge in [-0.05, 0) is 11.5 Å². The summed E-state index contributed by atoms with van der Waals surface area (Å²) in [4.78, 5) is 16.6. The Labute approximate surface area is 139 Å². The third kappa shape index (κ3) is 3.07. The number of aromatic nitrogens is 3. The van der Waals surface area contributed by atoms with E-state index in [-0.39, 0.29) is 11.6 Å². The number of nitrogens with zero attached hydrogens (tertiary/aromatic N) is 3. The second-order valence-electron chi connectivity index (χ2n) is 6.06. The molecule has 24 heavy (non-hydrogen) atoms. The molecule has 0 saturated heterocycles. The SMILES string of the molecule is CC(C)C(NCc1cc(=O)n2[nH]cc(C#N)c2n1)c1ccccc1. The summed E-state index contributed by atoms with van der Waals surface area (Å²) in [6, 6.07) is 13.9. The average molecular weight is 321 g/mol. The van der Waals surface area contributed by atoms with Crippen LogP contribution >= 0.6 is 0 Å². The van der Waals surface area contributed by atoms with Crippen LogP contribution in [0.1, 0.15) is 36.7 Å². The van der Waals surface area contributed by atoms with E-state index in [1.165, 1.54) is 22.3 Å². The van der Waals surface area contributed by atoms with Crippen molar-refractivity contribution in [3.05, 3.63) is 69.8 Å². The normalized spacial score (nSPS) is 12.4. The van der Waals surface area contributed by atoms with E-state index in [1.54, 1.807) is 0 Å². The van der Waals surface area contributed by atoms with Gasteiger partial charge in [-0.2, -0.15) is 5.26 Å². The molecule has 0 aliphatic carbocycles. The molecular weight excluding hydrogens is 302 g/mol. The molecule has 6 heteroatoms. The number of aromatic amines is 1. The highest BCUT2D eigenvalue weighted by molar-refractivity contribution is 5.53. The summed E-state index contributed by atoms with van der Waals surface area (Å²) in [5.74, 6) is 0.388. The lowest BCUT2D eigenvalue weighted by atomic mass is 9.96. The van der Waals surface area contributed by atoms with Gasteiger partial charge in [0, 0.05) is 24.8 Å². The molecule has 2 aromatic heterocycles. The molecule has 2 N–H and O–H groups in total. The minimum atomic E-state index is -0.223. The van der Waals surface area contributed by atoms with Crippen molar-refractivity contribution in [2.45, 2.75) is 26.4 Å².